The molecule has 0 amide bonds. The van der Waals surface area contributed by atoms with E-state index in [2.05, 4.69) is 0 Å². The molecule has 4 heteroatoms. The maximum absolute atomic E-state index is 10.4. The molecule has 4 nitrogen and oxygen atoms in total. The van der Waals surface area contributed by atoms with E-state index < -0.39 is 0 Å². The Morgan fingerprint density at radius 2 is 1.29 bits per heavy atom. The van der Waals surface area contributed by atoms with Crippen molar-refractivity contribution in [1.82, 2.24) is 0 Å². The molecule has 0 spiro atoms. The van der Waals surface area contributed by atoms with Gasteiger partial charge in [0.2, 0.25) is 0 Å². The highest BCUT2D eigenvalue weighted by molar-refractivity contribution is 5.77. The van der Waals surface area contributed by atoms with Crippen molar-refractivity contribution in [2.45, 2.75) is 36.1 Å². The van der Waals surface area contributed by atoms with Crippen LogP contribution in [0.3, 0.4) is 0 Å². The number of carbonyl (C=O) groups excluding carboxylic acids is 2. The van der Waals surface area contributed by atoms with E-state index >= 15 is 0 Å². The minimum atomic E-state index is 0. The molecule has 0 fully saturated rings. The largest absolute Gasteiger partial charge is 0.508 e. The van der Waals surface area contributed by atoms with Crippen LogP contribution in [0.5, 0.6) is 11.5 Å². The van der Waals surface area contributed by atoms with Crippen LogP contribution in [0.1, 0.15) is 54.1 Å². The Bertz CT molecular complexity index is 634. The van der Waals surface area contributed by atoms with E-state index in [1.807, 2.05) is 13.0 Å². The zero-order valence-corrected chi connectivity index (χ0v) is 12.3. The number of hydrogen-bond donors (Lipinski definition) is 1. The van der Waals surface area contributed by atoms with E-state index in [4.69, 9.17) is 9.84 Å². The van der Waals surface area contributed by atoms with E-state index in [1.165, 1.54) is 6.07 Å². The van der Waals surface area contributed by atoms with Gasteiger partial charge in [0.15, 0.2) is 0 Å². The summed E-state index contributed by atoms with van der Waals surface area (Å²) in [6.07, 6.45) is 1.61. The Hall–Kier alpha value is -2.62. The van der Waals surface area contributed by atoms with Gasteiger partial charge in [-0.2, -0.15) is 0 Å². The van der Waals surface area contributed by atoms with Crippen LogP contribution in [0.15, 0.2) is 36.4 Å². The van der Waals surface area contributed by atoms with Crippen LogP contribution in [0.4, 0.5) is 0 Å². The van der Waals surface area contributed by atoms with Gasteiger partial charge in [-0.05, 0) is 61.4 Å². The van der Waals surface area contributed by atoms with Crippen molar-refractivity contribution >= 4 is 12.6 Å². The fourth-order valence-corrected chi connectivity index (χ4v) is 1.70. The fourth-order valence-electron chi connectivity index (χ4n) is 1.70. The summed E-state index contributed by atoms with van der Waals surface area (Å²) < 4.78 is 4.98. The summed E-state index contributed by atoms with van der Waals surface area (Å²) in [7, 11) is 1.61. The molecule has 0 bridgehead atoms. The quantitative estimate of drug-likeness (QED) is 0.780. The van der Waals surface area contributed by atoms with Crippen LogP contribution < -0.4 is 4.74 Å². The van der Waals surface area contributed by atoms with Crippen molar-refractivity contribution < 1.29 is 19.4 Å². The van der Waals surface area contributed by atoms with Crippen molar-refractivity contribution in [2.75, 3.05) is 7.11 Å². The number of carbonyl (C=O) groups is 2. The molecule has 0 aliphatic heterocycles. The van der Waals surface area contributed by atoms with Crippen LogP contribution >= 0.6 is 0 Å². The molecule has 0 saturated carbocycles. The number of aldehydes is 2. The lowest BCUT2D eigenvalue weighted by atomic mass is 10.1. The maximum Gasteiger partial charge on any atom is 0.150 e. The standard InChI is InChI=1S/C9H10O2.C8H8O2.3CH4/c1-7-5-9(11-2)4-3-8(7)6-10;1-6-4-8(10)3-2-7(6)5-9;;;/h3-6H,1-2H3;2-5,10H,1H3;3*1H4. The lowest BCUT2D eigenvalue weighted by molar-refractivity contribution is 0.111. The smallest absolute Gasteiger partial charge is 0.150 e. The second-order valence-corrected chi connectivity index (χ2v) is 4.50. The van der Waals surface area contributed by atoms with Crippen LogP contribution in [-0.2, 0) is 0 Å². The third-order valence-electron chi connectivity index (χ3n) is 2.98. The van der Waals surface area contributed by atoms with Gasteiger partial charge in [-0.1, -0.05) is 22.3 Å². The molecular weight excluding hydrogens is 304 g/mol. The molecule has 0 radical (unpaired) electrons. The third kappa shape index (κ3) is 7.58. The zero-order valence-electron chi connectivity index (χ0n) is 12.3. The molecule has 1 N–H and O–H groups in total. The number of aryl methyl sites for hydroxylation is 2. The van der Waals surface area contributed by atoms with Gasteiger partial charge < -0.3 is 9.84 Å². The van der Waals surface area contributed by atoms with Gasteiger partial charge in [0, 0.05) is 11.1 Å². The number of rotatable bonds is 3. The Balaban J connectivity index is -0.000000328. The number of hydrogen-bond acceptors (Lipinski definition) is 4. The van der Waals surface area contributed by atoms with E-state index in [-0.39, 0.29) is 28.0 Å². The molecule has 2 aromatic carbocycles. The van der Waals surface area contributed by atoms with Crippen molar-refractivity contribution in [2.24, 2.45) is 0 Å². The lowest BCUT2D eigenvalue weighted by Crippen LogP contribution is -1.88. The Kier molecular flexibility index (Phi) is 14.1. The van der Waals surface area contributed by atoms with Crippen LogP contribution in [-0.4, -0.2) is 24.8 Å². The molecule has 2 rings (SSSR count). The Morgan fingerprint density at radius 1 is 0.833 bits per heavy atom. The minimum absolute atomic E-state index is 0. The first kappa shape index (κ1) is 26.3. The monoisotopic (exact) mass is 334 g/mol. The van der Waals surface area contributed by atoms with Crippen molar-refractivity contribution in [1.29, 1.82) is 0 Å². The highest BCUT2D eigenvalue weighted by Crippen LogP contribution is 2.15. The normalized spacial score (nSPS) is 8.12. The molecule has 0 aliphatic carbocycles. The summed E-state index contributed by atoms with van der Waals surface area (Å²) in [6.45, 7) is 3.66. The van der Waals surface area contributed by atoms with Crippen LogP contribution in [0.2, 0.25) is 0 Å². The number of benzene rings is 2. The first-order valence-electron chi connectivity index (χ1n) is 6.36. The summed E-state index contributed by atoms with van der Waals surface area (Å²) in [5.41, 5.74) is 3.08. The third-order valence-corrected chi connectivity index (χ3v) is 2.98. The molecule has 134 valence electrons. The van der Waals surface area contributed by atoms with E-state index in [9.17, 15) is 9.59 Å². The highest BCUT2D eigenvalue weighted by atomic mass is 16.5. The topological polar surface area (TPSA) is 63.6 Å². The van der Waals surface area contributed by atoms with Gasteiger partial charge in [-0.25, -0.2) is 0 Å². The number of ether oxygens (including phenoxy) is 1. The van der Waals surface area contributed by atoms with Crippen molar-refractivity contribution in [3.8, 4) is 11.5 Å². The van der Waals surface area contributed by atoms with Gasteiger partial charge in [0.05, 0.1) is 7.11 Å². The minimum Gasteiger partial charge on any atom is -0.508 e. The first-order chi connectivity index (χ1) is 10.0. The van der Waals surface area contributed by atoms with Crippen LogP contribution in [0.25, 0.3) is 0 Å². The summed E-state index contributed by atoms with van der Waals surface area (Å²) in [4.78, 5) is 20.6. The van der Waals surface area contributed by atoms with E-state index in [1.54, 1.807) is 38.3 Å². The summed E-state index contributed by atoms with van der Waals surface area (Å²) >= 11 is 0. The molecule has 0 unspecified atom stereocenters. The first-order valence-corrected chi connectivity index (χ1v) is 6.36. The molecule has 0 aliphatic rings. The number of aromatic hydroxyl groups is 1. The Labute approximate surface area is 146 Å². The van der Waals surface area contributed by atoms with Crippen molar-refractivity contribution in [3.63, 3.8) is 0 Å². The summed E-state index contributed by atoms with van der Waals surface area (Å²) in [5.74, 6) is 0.983. The predicted octanol–water partition coefficient (Wildman–Crippen LogP) is 5.24. The lowest BCUT2D eigenvalue weighted by Gasteiger charge is -2.01. The average Bonchev–Trinajstić information content (AvgIpc) is 2.48. The number of phenolic OH excluding ortho intramolecular Hbond substituents is 1. The average molecular weight is 334 g/mol. The zero-order chi connectivity index (χ0) is 15.8. The summed E-state index contributed by atoms with van der Waals surface area (Å²) in [6, 6.07) is 10.0. The molecule has 0 saturated heterocycles. The maximum atomic E-state index is 10.4. The van der Waals surface area contributed by atoms with Gasteiger partial charge in [-0.15, -0.1) is 0 Å². The molecule has 0 atom stereocenters. The molecule has 24 heavy (non-hydrogen) atoms. The van der Waals surface area contributed by atoms with Gasteiger partial charge in [0.25, 0.3) is 0 Å². The molecule has 2 aromatic rings. The fraction of sp³-hybridized carbons (Fsp3) is 0.300. The van der Waals surface area contributed by atoms with Crippen LogP contribution in [0, 0.1) is 13.8 Å². The van der Waals surface area contributed by atoms with E-state index in [0.29, 0.717) is 11.1 Å². The number of phenols is 1. The van der Waals surface area contributed by atoms with Gasteiger partial charge in [0.1, 0.15) is 24.1 Å². The van der Waals surface area contributed by atoms with Gasteiger partial charge in [-0.3, -0.25) is 9.59 Å². The summed E-state index contributed by atoms with van der Waals surface area (Å²) in [5, 5.41) is 8.92. The van der Waals surface area contributed by atoms with Crippen molar-refractivity contribution in [3.05, 3.63) is 58.7 Å². The van der Waals surface area contributed by atoms with E-state index in [0.717, 1.165) is 29.4 Å². The SMILES string of the molecule is C.C.C.COc1ccc(C=O)c(C)c1.Cc1cc(O)ccc1C=O. The second kappa shape index (κ2) is 12.9. The highest BCUT2D eigenvalue weighted by Gasteiger charge is 1.97. The Morgan fingerprint density at radius 3 is 1.67 bits per heavy atom. The molecule has 0 heterocycles. The number of methoxy groups -OCH3 is 1. The second-order valence-electron chi connectivity index (χ2n) is 4.50. The predicted molar refractivity (Wildman–Crippen MR) is 102 cm³/mol. The molecule has 0 aromatic heterocycles. The van der Waals surface area contributed by atoms with Gasteiger partial charge >= 0.3 is 0 Å². The molecular formula is C20H30O4.